The predicted octanol–water partition coefficient (Wildman–Crippen LogP) is 3.74. The van der Waals surface area contributed by atoms with Crippen LogP contribution in [0.4, 0.5) is 0 Å². The number of amides is 1. The highest BCUT2D eigenvalue weighted by Gasteiger charge is 2.22. The van der Waals surface area contributed by atoms with E-state index in [9.17, 15) is 13.2 Å². The van der Waals surface area contributed by atoms with Crippen molar-refractivity contribution in [3.05, 3.63) is 72.8 Å². The second-order valence-electron chi connectivity index (χ2n) is 8.83. The number of carbonyl (C=O) groups excluding carboxylic acids is 1. The second-order valence-corrected chi connectivity index (χ2v) is 10.5. The van der Waals surface area contributed by atoms with E-state index in [1.807, 2.05) is 23.1 Å². The lowest BCUT2D eigenvalue weighted by Gasteiger charge is -2.33. The largest absolute Gasteiger partial charge is 0.451 e. The molecule has 8 nitrogen and oxygen atoms in total. The molecule has 2 fully saturated rings. The Morgan fingerprint density at radius 3 is 2.43 bits per heavy atom. The van der Waals surface area contributed by atoms with Crippen LogP contribution in [0, 0.1) is 0 Å². The van der Waals surface area contributed by atoms with Crippen LogP contribution >= 0.6 is 0 Å². The molecule has 2 heterocycles. The first-order chi connectivity index (χ1) is 17.1. The number of nitrogens with zero attached hydrogens (tertiary/aromatic N) is 2. The molecule has 0 bridgehead atoms. The third kappa shape index (κ3) is 6.78. The minimum absolute atomic E-state index is 0.0685. The highest BCUT2D eigenvalue weighted by molar-refractivity contribution is 7.89. The Bertz CT molecular complexity index is 1150. The van der Waals surface area contributed by atoms with Gasteiger partial charge in [0.2, 0.25) is 16.4 Å². The molecule has 1 saturated heterocycles. The molecule has 1 saturated carbocycles. The Labute approximate surface area is 206 Å². The topological polar surface area (TPSA) is 105 Å². The number of rotatable bonds is 6. The van der Waals surface area contributed by atoms with E-state index in [1.54, 1.807) is 24.3 Å². The Morgan fingerprint density at radius 1 is 1.03 bits per heavy atom. The summed E-state index contributed by atoms with van der Waals surface area (Å²) in [4.78, 5) is 17.0. The van der Waals surface area contributed by atoms with Crippen molar-refractivity contribution in [3.63, 3.8) is 0 Å². The van der Waals surface area contributed by atoms with Gasteiger partial charge in [-0.2, -0.15) is 0 Å². The van der Waals surface area contributed by atoms with Crippen LogP contribution < -0.4 is 10.0 Å². The number of hydrogen-bond acceptors (Lipinski definition) is 6. The van der Waals surface area contributed by atoms with E-state index >= 15 is 0 Å². The van der Waals surface area contributed by atoms with Gasteiger partial charge in [-0.05, 0) is 30.5 Å². The average molecular weight is 497 g/mol. The summed E-state index contributed by atoms with van der Waals surface area (Å²) in [6.45, 7) is 2.54. The Balaban J connectivity index is 0.000000179. The van der Waals surface area contributed by atoms with Crippen LogP contribution in [-0.4, -0.2) is 50.4 Å². The minimum atomic E-state index is -3.44. The zero-order valence-corrected chi connectivity index (χ0v) is 20.5. The number of nitrogens with one attached hydrogen (secondary N) is 2. The van der Waals surface area contributed by atoms with Gasteiger partial charge in [0.1, 0.15) is 12.0 Å². The van der Waals surface area contributed by atoms with Crippen molar-refractivity contribution in [1.82, 2.24) is 19.9 Å². The first-order valence-electron chi connectivity index (χ1n) is 12.0. The summed E-state index contributed by atoms with van der Waals surface area (Å²) in [5, 5.41) is 3.30. The molecule has 0 spiro atoms. The number of hydrogen-bond donors (Lipinski definition) is 2. The number of piperazine rings is 1. The third-order valence-electron chi connectivity index (χ3n) is 6.42. The normalized spacial score (nSPS) is 19.0. The van der Waals surface area contributed by atoms with Crippen LogP contribution in [0.1, 0.15) is 43.7 Å². The number of oxazole rings is 1. The van der Waals surface area contributed by atoms with E-state index in [0.29, 0.717) is 10.6 Å². The molecular formula is C26H32N4O4S. The summed E-state index contributed by atoms with van der Waals surface area (Å²) in [7, 11) is -3.44. The Kier molecular flexibility index (Phi) is 8.68. The lowest BCUT2D eigenvalue weighted by atomic mass is 9.96. The van der Waals surface area contributed by atoms with E-state index in [4.69, 9.17) is 4.42 Å². The Hall–Kier alpha value is -3.01. The van der Waals surface area contributed by atoms with Crippen molar-refractivity contribution in [2.45, 2.75) is 49.1 Å². The fourth-order valence-electron chi connectivity index (χ4n) is 4.50. The van der Waals surface area contributed by atoms with E-state index in [1.165, 1.54) is 24.6 Å². The molecule has 1 atom stereocenters. The van der Waals surface area contributed by atoms with Crippen LogP contribution in [0.25, 0.3) is 11.3 Å². The fourth-order valence-corrected chi connectivity index (χ4v) is 5.80. The summed E-state index contributed by atoms with van der Waals surface area (Å²) in [6.07, 6.45) is 9.07. The number of carbonyl (C=O) groups is 1. The van der Waals surface area contributed by atoms with E-state index < -0.39 is 10.0 Å². The average Bonchev–Trinajstić information content (AvgIpc) is 3.45. The minimum Gasteiger partial charge on any atom is -0.451 e. The van der Waals surface area contributed by atoms with Crippen molar-refractivity contribution < 1.29 is 17.6 Å². The molecule has 1 aliphatic carbocycles. The zero-order valence-electron chi connectivity index (χ0n) is 19.7. The van der Waals surface area contributed by atoms with E-state index in [0.717, 1.165) is 57.3 Å². The van der Waals surface area contributed by atoms with Gasteiger partial charge in [-0.1, -0.05) is 61.7 Å². The van der Waals surface area contributed by atoms with Crippen molar-refractivity contribution in [2.24, 2.45) is 0 Å². The highest BCUT2D eigenvalue weighted by Crippen LogP contribution is 2.23. The summed E-state index contributed by atoms with van der Waals surface area (Å²) < 4.78 is 32.4. The molecular weight excluding hydrogens is 464 g/mol. The molecule has 3 aromatic rings. The molecule has 186 valence electrons. The van der Waals surface area contributed by atoms with Crippen LogP contribution in [0.15, 0.2) is 76.6 Å². The summed E-state index contributed by atoms with van der Waals surface area (Å²) in [5.74, 6) is 0. The Morgan fingerprint density at radius 2 is 1.77 bits per heavy atom. The SMILES string of the molecule is O=CN1CCNC[C@@H]1c1ccccc1.O=S(=O)(NC1CCCCC1)c1ccc(-c2cocn2)cc1. The molecule has 9 heteroatoms. The van der Waals surface area contributed by atoms with Crippen LogP contribution in [0.2, 0.25) is 0 Å². The van der Waals surface area contributed by atoms with Crippen molar-refractivity contribution in [1.29, 1.82) is 0 Å². The molecule has 1 aromatic heterocycles. The van der Waals surface area contributed by atoms with Gasteiger partial charge in [-0.25, -0.2) is 18.1 Å². The molecule has 2 aromatic carbocycles. The lowest BCUT2D eigenvalue weighted by Crippen LogP contribution is -2.45. The summed E-state index contributed by atoms with van der Waals surface area (Å²) >= 11 is 0. The monoisotopic (exact) mass is 496 g/mol. The van der Waals surface area contributed by atoms with Crippen molar-refractivity contribution >= 4 is 16.4 Å². The van der Waals surface area contributed by atoms with Gasteiger partial charge in [0, 0.05) is 31.2 Å². The second kappa shape index (κ2) is 12.1. The standard InChI is InChI=1S/C15H18N2O3S.C11H14N2O/c18-21(19,17-13-4-2-1-3-5-13)14-8-6-12(7-9-14)15-10-20-11-16-15;14-9-13-7-6-12-8-11(13)10-4-2-1-3-5-10/h6-11,13,17H,1-5H2;1-5,9,11-12H,6-8H2/t;11-/m.1/s1. The zero-order chi connectivity index (χ0) is 24.5. The number of sulfonamides is 1. The van der Waals surface area contributed by atoms with Gasteiger partial charge in [0.05, 0.1) is 10.9 Å². The van der Waals surface area contributed by atoms with Crippen LogP contribution in [0.5, 0.6) is 0 Å². The van der Waals surface area contributed by atoms with Gasteiger partial charge in [-0.15, -0.1) is 0 Å². The summed E-state index contributed by atoms with van der Waals surface area (Å²) in [6, 6.07) is 17.1. The molecule has 1 amide bonds. The highest BCUT2D eigenvalue weighted by atomic mass is 32.2. The molecule has 0 radical (unpaired) electrons. The first-order valence-corrected chi connectivity index (χ1v) is 13.5. The summed E-state index contributed by atoms with van der Waals surface area (Å²) in [5.41, 5.74) is 2.73. The van der Waals surface area contributed by atoms with Crippen molar-refractivity contribution in [3.8, 4) is 11.3 Å². The molecule has 1 aliphatic heterocycles. The van der Waals surface area contributed by atoms with E-state index in [2.05, 4.69) is 27.2 Å². The molecule has 0 unspecified atom stereocenters. The quantitative estimate of drug-likeness (QED) is 0.504. The molecule has 35 heavy (non-hydrogen) atoms. The fraction of sp³-hybridized carbons (Fsp3) is 0.385. The molecule has 5 rings (SSSR count). The van der Waals surface area contributed by atoms with Gasteiger partial charge >= 0.3 is 0 Å². The number of aromatic nitrogens is 1. The van der Waals surface area contributed by atoms with Crippen LogP contribution in [0.3, 0.4) is 0 Å². The van der Waals surface area contributed by atoms with Gasteiger partial charge < -0.3 is 14.6 Å². The maximum Gasteiger partial charge on any atom is 0.240 e. The van der Waals surface area contributed by atoms with E-state index in [-0.39, 0.29) is 12.1 Å². The van der Waals surface area contributed by atoms with Gasteiger partial charge in [0.15, 0.2) is 6.39 Å². The van der Waals surface area contributed by atoms with Crippen molar-refractivity contribution in [2.75, 3.05) is 19.6 Å². The smallest absolute Gasteiger partial charge is 0.240 e. The third-order valence-corrected chi connectivity index (χ3v) is 7.96. The first kappa shape index (κ1) is 25.1. The lowest BCUT2D eigenvalue weighted by molar-refractivity contribution is -0.121. The molecule has 2 N–H and O–H groups in total. The molecule has 2 aliphatic rings. The predicted molar refractivity (Wildman–Crippen MR) is 134 cm³/mol. The van der Waals surface area contributed by atoms with Crippen LogP contribution in [-0.2, 0) is 14.8 Å². The number of benzene rings is 2. The maximum absolute atomic E-state index is 12.4. The maximum atomic E-state index is 12.4. The van der Waals surface area contributed by atoms with Gasteiger partial charge in [0.25, 0.3) is 0 Å². The van der Waals surface area contributed by atoms with Gasteiger partial charge in [-0.3, -0.25) is 4.79 Å².